The quantitative estimate of drug-likeness (QED) is 0.379. The van der Waals surface area contributed by atoms with Crippen LogP contribution in [0.5, 0.6) is 0 Å². The molecule has 1 aliphatic rings. The van der Waals surface area contributed by atoms with E-state index in [4.69, 9.17) is 21.8 Å². The fourth-order valence-corrected chi connectivity index (χ4v) is 5.08. The molecule has 182 valence electrons. The van der Waals surface area contributed by atoms with E-state index in [0.717, 1.165) is 54.5 Å². The molecule has 10 nitrogen and oxygen atoms in total. The number of rotatable bonds is 7. The Hall–Kier alpha value is -3.12. The zero-order valence-corrected chi connectivity index (χ0v) is 21.1. The molecule has 35 heavy (non-hydrogen) atoms. The maximum Gasteiger partial charge on any atom is 0.259 e. The van der Waals surface area contributed by atoms with Crippen molar-refractivity contribution < 1.29 is 4.42 Å². The molecule has 3 N–H and O–H groups in total. The molecule has 5 rings (SSSR count). The van der Waals surface area contributed by atoms with Crippen LogP contribution in [0.15, 0.2) is 34.9 Å². The Labute approximate surface area is 212 Å². The van der Waals surface area contributed by atoms with Crippen molar-refractivity contribution in [3.8, 4) is 22.2 Å². The molecule has 0 amide bonds. The summed E-state index contributed by atoms with van der Waals surface area (Å²) in [5, 5.41) is 12.9. The summed E-state index contributed by atoms with van der Waals surface area (Å²) in [5.41, 5.74) is 7.40. The number of thiazole rings is 1. The van der Waals surface area contributed by atoms with Crippen LogP contribution in [0, 0.1) is 13.8 Å². The zero-order chi connectivity index (χ0) is 24.4. The number of aromatic nitrogens is 5. The van der Waals surface area contributed by atoms with E-state index < -0.39 is 0 Å². The minimum atomic E-state index is 0.383. The lowest BCUT2D eigenvalue weighted by Crippen LogP contribution is -2.48. The number of halogens is 1. The molecule has 0 spiro atoms. The summed E-state index contributed by atoms with van der Waals surface area (Å²) in [6.07, 6.45) is 1.70. The topological polar surface area (TPSA) is 122 Å². The normalized spacial score (nSPS) is 14.5. The van der Waals surface area contributed by atoms with Gasteiger partial charge in [-0.15, -0.1) is 10.2 Å². The van der Waals surface area contributed by atoms with E-state index >= 15 is 0 Å². The zero-order valence-electron chi connectivity index (χ0n) is 19.5. The van der Waals surface area contributed by atoms with Gasteiger partial charge in [-0.05, 0) is 25.5 Å². The van der Waals surface area contributed by atoms with E-state index in [2.05, 4.69) is 40.3 Å². The highest BCUT2D eigenvalue weighted by Crippen LogP contribution is 2.35. The van der Waals surface area contributed by atoms with Crippen molar-refractivity contribution in [1.82, 2.24) is 30.0 Å². The van der Waals surface area contributed by atoms with E-state index in [1.165, 1.54) is 11.3 Å². The van der Waals surface area contributed by atoms with Crippen molar-refractivity contribution in [2.24, 2.45) is 5.73 Å². The molecule has 4 heterocycles. The van der Waals surface area contributed by atoms with Crippen molar-refractivity contribution in [2.45, 2.75) is 13.8 Å². The molecule has 1 aromatic carbocycles. The molecule has 0 aliphatic carbocycles. The summed E-state index contributed by atoms with van der Waals surface area (Å²) in [4.78, 5) is 19.0. The van der Waals surface area contributed by atoms with Crippen LogP contribution in [0.1, 0.15) is 11.4 Å². The molecule has 0 radical (unpaired) electrons. The molecular formula is C23H26ClN9OS. The number of hydrogen-bond donors (Lipinski definition) is 2. The summed E-state index contributed by atoms with van der Waals surface area (Å²) in [6, 6.07) is 7.61. The van der Waals surface area contributed by atoms with Crippen molar-refractivity contribution >= 4 is 39.7 Å². The third kappa shape index (κ3) is 5.27. The van der Waals surface area contributed by atoms with Crippen LogP contribution in [0.4, 0.5) is 16.8 Å². The van der Waals surface area contributed by atoms with Crippen LogP contribution >= 0.6 is 22.9 Å². The van der Waals surface area contributed by atoms with E-state index in [0.29, 0.717) is 40.1 Å². The van der Waals surface area contributed by atoms with Crippen molar-refractivity contribution in [3.05, 3.63) is 46.9 Å². The summed E-state index contributed by atoms with van der Waals surface area (Å²) in [7, 11) is 0. The molecular weight excluding hydrogens is 486 g/mol. The van der Waals surface area contributed by atoms with Gasteiger partial charge in [0.1, 0.15) is 22.3 Å². The van der Waals surface area contributed by atoms with Gasteiger partial charge in [0.15, 0.2) is 5.13 Å². The second kappa shape index (κ2) is 10.2. The Bertz CT molecular complexity index is 1300. The minimum Gasteiger partial charge on any atom is -0.415 e. The number of anilines is 3. The Morgan fingerprint density at radius 3 is 2.69 bits per heavy atom. The molecule has 0 saturated carbocycles. The van der Waals surface area contributed by atoms with Gasteiger partial charge in [-0.1, -0.05) is 35.1 Å². The molecule has 1 fully saturated rings. The molecule has 1 saturated heterocycles. The van der Waals surface area contributed by atoms with Crippen LogP contribution < -0.4 is 16.0 Å². The number of nitrogens with zero attached hydrogens (tertiary/aromatic N) is 7. The first-order valence-corrected chi connectivity index (χ1v) is 12.5. The number of nitrogens with one attached hydrogen (secondary N) is 1. The third-order valence-electron chi connectivity index (χ3n) is 5.78. The summed E-state index contributed by atoms with van der Waals surface area (Å²) in [6.45, 7) is 9.21. The smallest absolute Gasteiger partial charge is 0.259 e. The monoisotopic (exact) mass is 511 g/mol. The second-order valence-corrected chi connectivity index (χ2v) is 9.71. The Morgan fingerprint density at radius 1 is 1.11 bits per heavy atom. The standard InChI is InChI=1S/C23H26ClN9OS/c1-14-4-3-5-16(24)20(14)22-31-30-21(34-22)17-13-26-23(35-17)29-18-12-19(28-15(2)27-18)33-10-8-32(7-6-25)9-11-33/h3-5,12-13H,6-11,25H2,1-2H3,(H,26,27,28,29). The van der Waals surface area contributed by atoms with Gasteiger partial charge >= 0.3 is 0 Å². The lowest BCUT2D eigenvalue weighted by Gasteiger charge is -2.35. The lowest BCUT2D eigenvalue weighted by atomic mass is 10.1. The summed E-state index contributed by atoms with van der Waals surface area (Å²) >= 11 is 7.75. The van der Waals surface area contributed by atoms with Gasteiger partial charge in [-0.25, -0.2) is 15.0 Å². The van der Waals surface area contributed by atoms with Gasteiger partial charge in [0.2, 0.25) is 5.89 Å². The average Bonchev–Trinajstić information content (AvgIpc) is 3.49. The van der Waals surface area contributed by atoms with Crippen LogP contribution in [0.3, 0.4) is 0 Å². The molecule has 3 aromatic heterocycles. The van der Waals surface area contributed by atoms with Crippen molar-refractivity contribution in [2.75, 3.05) is 49.5 Å². The average molecular weight is 512 g/mol. The first-order valence-electron chi connectivity index (χ1n) is 11.4. The first kappa shape index (κ1) is 23.6. The molecule has 4 aromatic rings. The van der Waals surface area contributed by atoms with Gasteiger partial charge in [-0.2, -0.15) is 0 Å². The van der Waals surface area contributed by atoms with Crippen LogP contribution in [-0.2, 0) is 0 Å². The van der Waals surface area contributed by atoms with Gasteiger partial charge in [0.25, 0.3) is 5.89 Å². The number of aryl methyl sites for hydroxylation is 2. The van der Waals surface area contributed by atoms with Crippen LogP contribution in [0.25, 0.3) is 22.2 Å². The number of piperazine rings is 1. The van der Waals surface area contributed by atoms with E-state index in [1.807, 2.05) is 32.0 Å². The highest BCUT2D eigenvalue weighted by Gasteiger charge is 2.20. The molecule has 0 unspecified atom stereocenters. The largest absolute Gasteiger partial charge is 0.415 e. The van der Waals surface area contributed by atoms with Gasteiger partial charge in [0, 0.05) is 45.3 Å². The van der Waals surface area contributed by atoms with Gasteiger partial charge < -0.3 is 20.4 Å². The molecule has 1 aliphatic heterocycles. The van der Waals surface area contributed by atoms with E-state index in [9.17, 15) is 0 Å². The maximum atomic E-state index is 6.35. The SMILES string of the molecule is Cc1nc(Nc2ncc(-c3nnc(-c4c(C)cccc4Cl)o3)s2)cc(N2CCN(CCN)CC2)n1. The minimum absolute atomic E-state index is 0.383. The highest BCUT2D eigenvalue weighted by molar-refractivity contribution is 7.18. The first-order chi connectivity index (χ1) is 17.0. The van der Waals surface area contributed by atoms with Gasteiger partial charge in [-0.3, -0.25) is 4.90 Å². The molecule has 0 bridgehead atoms. The van der Waals surface area contributed by atoms with Crippen molar-refractivity contribution in [1.29, 1.82) is 0 Å². The van der Waals surface area contributed by atoms with Crippen molar-refractivity contribution in [3.63, 3.8) is 0 Å². The lowest BCUT2D eigenvalue weighted by molar-refractivity contribution is 0.264. The van der Waals surface area contributed by atoms with E-state index in [1.54, 1.807) is 12.3 Å². The predicted octanol–water partition coefficient (Wildman–Crippen LogP) is 3.74. The Kier molecular flexibility index (Phi) is 6.91. The fraction of sp³-hybridized carbons (Fsp3) is 0.348. The predicted molar refractivity (Wildman–Crippen MR) is 138 cm³/mol. The maximum absolute atomic E-state index is 6.35. The summed E-state index contributed by atoms with van der Waals surface area (Å²) < 4.78 is 5.92. The number of benzene rings is 1. The van der Waals surface area contributed by atoms with E-state index in [-0.39, 0.29) is 0 Å². The number of nitrogens with two attached hydrogens (primary N) is 1. The van der Waals surface area contributed by atoms with Gasteiger partial charge in [0.05, 0.1) is 16.8 Å². The third-order valence-corrected chi connectivity index (χ3v) is 6.99. The van der Waals surface area contributed by atoms with Crippen LogP contribution in [0.2, 0.25) is 5.02 Å². The fourth-order valence-electron chi connectivity index (χ4n) is 4.03. The molecule has 0 atom stereocenters. The molecule has 12 heteroatoms. The van der Waals surface area contributed by atoms with Crippen LogP contribution in [-0.4, -0.2) is 69.3 Å². The Balaban J connectivity index is 1.31. The second-order valence-electron chi connectivity index (χ2n) is 8.27. The number of hydrogen-bond acceptors (Lipinski definition) is 11. The highest BCUT2D eigenvalue weighted by atomic mass is 35.5. The Morgan fingerprint density at radius 2 is 1.91 bits per heavy atom. The summed E-state index contributed by atoms with van der Waals surface area (Å²) in [5.74, 6) is 3.06.